The van der Waals surface area contributed by atoms with E-state index >= 15 is 0 Å². The Bertz CT molecular complexity index is 786. The first-order valence-corrected chi connectivity index (χ1v) is 6.86. The second-order valence-corrected chi connectivity index (χ2v) is 5.21. The van der Waals surface area contributed by atoms with Gasteiger partial charge < -0.3 is 0 Å². The van der Waals surface area contributed by atoms with E-state index in [2.05, 4.69) is 10.1 Å². The summed E-state index contributed by atoms with van der Waals surface area (Å²) in [7, 11) is 1.81. The van der Waals surface area contributed by atoms with Gasteiger partial charge in [-0.25, -0.2) is 14.1 Å². The number of halogens is 3. The molecule has 0 spiro atoms. The maximum atomic E-state index is 13.6. The molecule has 2 aromatic heterocycles. The van der Waals surface area contributed by atoms with Gasteiger partial charge in [0.2, 0.25) is 0 Å². The first-order valence-electron chi connectivity index (χ1n) is 5.94. The number of benzene rings is 1. The second-order valence-electron chi connectivity index (χ2n) is 4.51. The zero-order chi connectivity index (χ0) is 14.4. The lowest BCUT2D eigenvalue weighted by atomic mass is 10.3. The largest absolute Gasteiger partial charge is 0.280 e. The summed E-state index contributed by atoms with van der Waals surface area (Å²) in [6.07, 6.45) is 0. The van der Waals surface area contributed by atoms with Gasteiger partial charge in [-0.15, -0.1) is 11.6 Å². The third kappa shape index (κ3) is 1.98. The average molecular weight is 313 g/mol. The van der Waals surface area contributed by atoms with Crippen LogP contribution in [0.5, 0.6) is 0 Å². The normalized spacial score (nSPS) is 11.4. The number of hydrogen-bond donors (Lipinski definition) is 0. The molecule has 0 unspecified atom stereocenters. The first kappa shape index (κ1) is 13.4. The maximum Gasteiger partial charge on any atom is 0.163 e. The summed E-state index contributed by atoms with van der Waals surface area (Å²) >= 11 is 11.9. The Morgan fingerprint density at radius 2 is 2.05 bits per heavy atom. The lowest BCUT2D eigenvalue weighted by Gasteiger charge is -2.09. The monoisotopic (exact) mass is 312 g/mol. The Morgan fingerprint density at radius 1 is 1.30 bits per heavy atom. The predicted octanol–water partition coefficient (Wildman–Crippen LogP) is 3.60. The Morgan fingerprint density at radius 3 is 2.70 bits per heavy atom. The van der Waals surface area contributed by atoms with Crippen LogP contribution in [0.3, 0.4) is 0 Å². The maximum absolute atomic E-state index is 13.6. The number of imidazole rings is 1. The highest BCUT2D eigenvalue weighted by Crippen LogP contribution is 2.26. The van der Waals surface area contributed by atoms with Crippen molar-refractivity contribution in [3.05, 3.63) is 40.6 Å². The van der Waals surface area contributed by atoms with Crippen molar-refractivity contribution in [3.8, 4) is 5.69 Å². The van der Waals surface area contributed by atoms with Gasteiger partial charge in [0, 0.05) is 12.1 Å². The minimum absolute atomic E-state index is 0.211. The molecular formula is C13H11Cl2FN4. The van der Waals surface area contributed by atoms with Gasteiger partial charge in [-0.2, -0.15) is 5.10 Å². The molecule has 0 N–H and O–H groups in total. The Balaban J connectivity index is 2.39. The van der Waals surface area contributed by atoms with E-state index in [1.807, 2.05) is 14.0 Å². The van der Waals surface area contributed by atoms with Crippen LogP contribution < -0.4 is 0 Å². The number of alkyl halides is 1. The Labute approximate surface area is 124 Å². The van der Waals surface area contributed by atoms with E-state index < -0.39 is 5.82 Å². The van der Waals surface area contributed by atoms with Gasteiger partial charge in [-0.3, -0.25) is 4.57 Å². The van der Waals surface area contributed by atoms with Crippen LogP contribution in [-0.2, 0) is 12.9 Å². The van der Waals surface area contributed by atoms with E-state index in [-0.39, 0.29) is 5.88 Å². The molecule has 4 nitrogen and oxygen atoms in total. The molecule has 0 aliphatic heterocycles. The van der Waals surface area contributed by atoms with Crippen LogP contribution >= 0.6 is 23.2 Å². The van der Waals surface area contributed by atoms with Crippen molar-refractivity contribution >= 4 is 34.4 Å². The van der Waals surface area contributed by atoms with Crippen molar-refractivity contribution in [1.82, 2.24) is 19.3 Å². The van der Waals surface area contributed by atoms with Crippen LogP contribution in [0.15, 0.2) is 18.2 Å². The van der Waals surface area contributed by atoms with Crippen LogP contribution in [-0.4, -0.2) is 19.3 Å². The standard InChI is InChI=1S/C13H11Cl2FN4/c1-7-12-13(19(2)18-7)20(11(6-14)17-12)10-4-8(15)3-9(16)5-10/h3-5H,6H2,1-2H3. The molecule has 0 saturated heterocycles. The number of fused-ring (bicyclic) bond motifs is 1. The number of aryl methyl sites for hydroxylation is 2. The highest BCUT2D eigenvalue weighted by Gasteiger charge is 2.18. The fraction of sp³-hybridized carbons (Fsp3) is 0.231. The van der Waals surface area contributed by atoms with Crippen molar-refractivity contribution in [1.29, 1.82) is 0 Å². The fourth-order valence-electron chi connectivity index (χ4n) is 2.35. The SMILES string of the molecule is Cc1nn(C)c2c1nc(CCl)n2-c1cc(F)cc(Cl)c1. The van der Waals surface area contributed by atoms with E-state index in [1.165, 1.54) is 12.1 Å². The summed E-state index contributed by atoms with van der Waals surface area (Å²) in [6, 6.07) is 4.32. The van der Waals surface area contributed by atoms with Gasteiger partial charge in [0.1, 0.15) is 17.2 Å². The quantitative estimate of drug-likeness (QED) is 0.678. The number of rotatable bonds is 2. The van der Waals surface area contributed by atoms with Crippen LogP contribution in [0, 0.1) is 12.7 Å². The van der Waals surface area contributed by atoms with Gasteiger partial charge >= 0.3 is 0 Å². The summed E-state index contributed by atoms with van der Waals surface area (Å²) in [5.74, 6) is 0.426. The average Bonchev–Trinajstić information content (AvgIpc) is 2.87. The third-order valence-electron chi connectivity index (χ3n) is 3.10. The zero-order valence-corrected chi connectivity index (χ0v) is 12.4. The summed E-state index contributed by atoms with van der Waals surface area (Å²) in [5.41, 5.74) is 2.90. The van der Waals surface area contributed by atoms with Crippen molar-refractivity contribution in [3.63, 3.8) is 0 Å². The Hall–Kier alpha value is -1.59. The van der Waals surface area contributed by atoms with Crippen LogP contribution in [0.25, 0.3) is 16.9 Å². The molecule has 0 aliphatic carbocycles. The molecule has 0 radical (unpaired) electrons. The lowest BCUT2D eigenvalue weighted by Crippen LogP contribution is -2.04. The third-order valence-corrected chi connectivity index (χ3v) is 3.55. The first-order chi connectivity index (χ1) is 9.51. The molecule has 0 atom stereocenters. The van der Waals surface area contributed by atoms with E-state index in [0.717, 1.165) is 16.9 Å². The van der Waals surface area contributed by atoms with Gasteiger partial charge in [0.15, 0.2) is 5.65 Å². The van der Waals surface area contributed by atoms with E-state index in [4.69, 9.17) is 23.2 Å². The van der Waals surface area contributed by atoms with Gasteiger partial charge in [-0.05, 0) is 25.1 Å². The second kappa shape index (κ2) is 4.75. The zero-order valence-electron chi connectivity index (χ0n) is 10.9. The lowest BCUT2D eigenvalue weighted by molar-refractivity contribution is 0.626. The molecule has 0 amide bonds. The molecule has 3 aromatic rings. The Kier molecular flexibility index (Phi) is 3.18. The minimum Gasteiger partial charge on any atom is -0.280 e. The summed E-state index contributed by atoms with van der Waals surface area (Å²) < 4.78 is 17.1. The fourth-order valence-corrected chi connectivity index (χ4v) is 2.74. The molecular weight excluding hydrogens is 302 g/mol. The molecule has 0 aliphatic rings. The van der Waals surface area contributed by atoms with Crippen molar-refractivity contribution in [2.24, 2.45) is 7.05 Å². The molecule has 3 rings (SSSR count). The van der Waals surface area contributed by atoms with Gasteiger partial charge in [0.05, 0.1) is 17.3 Å². The predicted molar refractivity (Wildman–Crippen MR) is 77.1 cm³/mol. The van der Waals surface area contributed by atoms with Crippen LogP contribution in [0.2, 0.25) is 5.02 Å². The number of aromatic nitrogens is 4. The highest BCUT2D eigenvalue weighted by molar-refractivity contribution is 6.30. The molecule has 0 bridgehead atoms. The van der Waals surface area contributed by atoms with Gasteiger partial charge in [-0.1, -0.05) is 11.6 Å². The van der Waals surface area contributed by atoms with Crippen molar-refractivity contribution in [2.45, 2.75) is 12.8 Å². The van der Waals surface area contributed by atoms with Crippen LogP contribution in [0.4, 0.5) is 4.39 Å². The minimum atomic E-state index is -0.409. The molecule has 0 saturated carbocycles. The van der Waals surface area contributed by atoms with Gasteiger partial charge in [0.25, 0.3) is 0 Å². The van der Waals surface area contributed by atoms with E-state index in [0.29, 0.717) is 16.5 Å². The molecule has 2 heterocycles. The van der Waals surface area contributed by atoms with E-state index in [9.17, 15) is 4.39 Å². The summed E-state index contributed by atoms with van der Waals surface area (Å²) in [6.45, 7) is 1.87. The highest BCUT2D eigenvalue weighted by atomic mass is 35.5. The van der Waals surface area contributed by atoms with Crippen LogP contribution in [0.1, 0.15) is 11.5 Å². The van der Waals surface area contributed by atoms with Crippen molar-refractivity contribution < 1.29 is 4.39 Å². The van der Waals surface area contributed by atoms with E-state index in [1.54, 1.807) is 15.3 Å². The smallest absolute Gasteiger partial charge is 0.163 e. The number of nitrogens with zero attached hydrogens (tertiary/aromatic N) is 4. The molecule has 0 fully saturated rings. The molecule has 7 heteroatoms. The molecule has 1 aromatic carbocycles. The number of hydrogen-bond acceptors (Lipinski definition) is 2. The van der Waals surface area contributed by atoms with Crippen molar-refractivity contribution in [2.75, 3.05) is 0 Å². The summed E-state index contributed by atoms with van der Waals surface area (Å²) in [4.78, 5) is 4.47. The molecule has 20 heavy (non-hydrogen) atoms. The topological polar surface area (TPSA) is 35.6 Å². The molecule has 104 valence electrons. The summed E-state index contributed by atoms with van der Waals surface area (Å²) in [5, 5.41) is 4.64.